The lowest BCUT2D eigenvalue weighted by Crippen LogP contribution is -2.31. The fraction of sp³-hybridized carbons (Fsp3) is 0.381. The van der Waals surface area contributed by atoms with Crippen molar-refractivity contribution in [2.24, 2.45) is 0 Å². The van der Waals surface area contributed by atoms with Crippen LogP contribution in [0.2, 0.25) is 5.02 Å². The van der Waals surface area contributed by atoms with E-state index in [-0.39, 0.29) is 21.4 Å². The molecule has 0 fully saturated rings. The maximum absolute atomic E-state index is 12.7. The van der Waals surface area contributed by atoms with Crippen LogP contribution in [0.25, 0.3) is 0 Å². The van der Waals surface area contributed by atoms with Gasteiger partial charge in [0.1, 0.15) is 0 Å². The lowest BCUT2D eigenvalue weighted by Gasteiger charge is -2.19. The Kier molecular flexibility index (Phi) is 9.02. The summed E-state index contributed by atoms with van der Waals surface area (Å²) in [4.78, 5) is 12.6. The summed E-state index contributed by atoms with van der Waals surface area (Å²) in [5, 5.41) is 3.05. The number of thioether (sulfide) groups is 1. The summed E-state index contributed by atoms with van der Waals surface area (Å²) in [6.45, 7) is 6.80. The molecule has 0 aliphatic rings. The van der Waals surface area contributed by atoms with Gasteiger partial charge in [0.25, 0.3) is 5.91 Å². The molecule has 0 spiro atoms. The fourth-order valence-electron chi connectivity index (χ4n) is 2.76. The summed E-state index contributed by atoms with van der Waals surface area (Å²) >= 11 is 7.87. The topological polar surface area (TPSA) is 66.5 Å². The molecule has 8 heteroatoms. The van der Waals surface area contributed by atoms with E-state index in [0.717, 1.165) is 11.5 Å². The average molecular weight is 455 g/mol. The zero-order valence-corrected chi connectivity index (χ0v) is 19.3. The minimum Gasteiger partial charge on any atom is -0.351 e. The Morgan fingerprint density at radius 1 is 1.10 bits per heavy atom. The summed E-state index contributed by atoms with van der Waals surface area (Å²) < 4.78 is 26.7. The van der Waals surface area contributed by atoms with Crippen molar-refractivity contribution in [1.82, 2.24) is 9.62 Å². The first kappa shape index (κ1) is 23.7. The van der Waals surface area contributed by atoms with Gasteiger partial charge in [-0.3, -0.25) is 4.79 Å². The molecule has 0 saturated carbocycles. The highest BCUT2D eigenvalue weighted by Gasteiger charge is 2.23. The van der Waals surface area contributed by atoms with Gasteiger partial charge in [-0.2, -0.15) is 16.1 Å². The third-order valence-corrected chi connectivity index (χ3v) is 7.85. The molecule has 5 nitrogen and oxygen atoms in total. The van der Waals surface area contributed by atoms with Crippen molar-refractivity contribution in [3.8, 4) is 0 Å². The molecule has 0 unspecified atom stereocenters. The summed E-state index contributed by atoms with van der Waals surface area (Å²) in [6.07, 6.45) is 0. The van der Waals surface area contributed by atoms with E-state index in [9.17, 15) is 13.2 Å². The quantitative estimate of drug-likeness (QED) is 0.542. The minimum atomic E-state index is -3.65. The molecule has 0 aliphatic heterocycles. The molecular weight excluding hydrogens is 428 g/mol. The van der Waals surface area contributed by atoms with Crippen LogP contribution < -0.4 is 5.32 Å². The second-order valence-electron chi connectivity index (χ2n) is 6.53. The third-order valence-electron chi connectivity index (χ3n) is 4.45. The van der Waals surface area contributed by atoms with Crippen LogP contribution in [0.5, 0.6) is 0 Å². The normalized spacial score (nSPS) is 11.6. The molecule has 158 valence electrons. The highest BCUT2D eigenvalue weighted by Crippen LogP contribution is 2.23. The molecule has 29 heavy (non-hydrogen) atoms. The smallest absolute Gasteiger partial charge is 0.252 e. The van der Waals surface area contributed by atoms with Gasteiger partial charge >= 0.3 is 0 Å². The first-order chi connectivity index (χ1) is 13.8. The molecule has 2 rings (SSSR count). The Balaban J connectivity index is 1.95. The lowest BCUT2D eigenvalue weighted by molar-refractivity contribution is 0.0956. The maximum Gasteiger partial charge on any atom is 0.252 e. The van der Waals surface area contributed by atoms with Crippen LogP contribution in [0.15, 0.2) is 47.4 Å². The van der Waals surface area contributed by atoms with Crippen LogP contribution >= 0.6 is 23.4 Å². The first-order valence-corrected chi connectivity index (χ1v) is 12.5. The number of hydrogen-bond acceptors (Lipinski definition) is 4. The highest BCUT2D eigenvalue weighted by molar-refractivity contribution is 7.98. The van der Waals surface area contributed by atoms with E-state index in [1.807, 2.05) is 0 Å². The van der Waals surface area contributed by atoms with Gasteiger partial charge in [0.15, 0.2) is 0 Å². The van der Waals surface area contributed by atoms with Crippen LogP contribution in [0.3, 0.4) is 0 Å². The van der Waals surface area contributed by atoms with E-state index in [4.69, 9.17) is 11.6 Å². The van der Waals surface area contributed by atoms with Crippen molar-refractivity contribution < 1.29 is 13.2 Å². The van der Waals surface area contributed by atoms with E-state index >= 15 is 0 Å². The van der Waals surface area contributed by atoms with Crippen LogP contribution in [0.4, 0.5) is 0 Å². The van der Waals surface area contributed by atoms with Crippen molar-refractivity contribution in [2.75, 3.05) is 25.4 Å². The van der Waals surface area contributed by atoms with Crippen LogP contribution in [-0.2, 0) is 15.8 Å². The third kappa shape index (κ3) is 6.47. The summed E-state index contributed by atoms with van der Waals surface area (Å²) in [5.41, 5.74) is 2.64. The Hall–Kier alpha value is -1.54. The highest BCUT2D eigenvalue weighted by atomic mass is 35.5. The number of amides is 1. The number of carbonyl (C=O) groups excluding carboxylic acids is 1. The molecule has 1 amide bonds. The molecule has 2 aromatic rings. The van der Waals surface area contributed by atoms with E-state index < -0.39 is 10.0 Å². The molecule has 1 N–H and O–H groups in total. The number of benzene rings is 2. The van der Waals surface area contributed by atoms with Crippen molar-refractivity contribution in [1.29, 1.82) is 0 Å². The molecule has 0 atom stereocenters. The zero-order chi connectivity index (χ0) is 21.4. The van der Waals surface area contributed by atoms with Gasteiger partial charge in [0.2, 0.25) is 10.0 Å². The van der Waals surface area contributed by atoms with Crippen LogP contribution in [0.1, 0.15) is 35.3 Å². The number of nitrogens with one attached hydrogen (secondary N) is 1. The molecule has 0 saturated heterocycles. The summed E-state index contributed by atoms with van der Waals surface area (Å²) in [5.74, 6) is 1.24. The largest absolute Gasteiger partial charge is 0.351 e. The van der Waals surface area contributed by atoms with Gasteiger partial charge < -0.3 is 5.32 Å². The van der Waals surface area contributed by atoms with Gasteiger partial charge in [0, 0.05) is 31.1 Å². The van der Waals surface area contributed by atoms with Gasteiger partial charge in [-0.1, -0.05) is 55.3 Å². The molecule has 0 heterocycles. The second-order valence-corrected chi connectivity index (χ2v) is 9.98. The van der Waals surface area contributed by atoms with Gasteiger partial charge in [-0.15, -0.1) is 0 Å². The first-order valence-electron chi connectivity index (χ1n) is 9.50. The Morgan fingerprint density at radius 3 is 2.38 bits per heavy atom. The number of rotatable bonds is 10. The van der Waals surface area contributed by atoms with Crippen molar-refractivity contribution in [3.05, 3.63) is 64.2 Å². The number of sulfonamides is 1. The molecule has 0 radical (unpaired) electrons. The van der Waals surface area contributed by atoms with Crippen LogP contribution in [0, 0.1) is 6.92 Å². The number of nitrogens with zero attached hydrogens (tertiary/aromatic N) is 1. The molecular formula is C21H27ClN2O3S2. The Bertz CT molecular complexity index is 927. The van der Waals surface area contributed by atoms with E-state index in [1.54, 1.807) is 25.6 Å². The van der Waals surface area contributed by atoms with E-state index in [1.165, 1.54) is 33.6 Å². The molecule has 2 aromatic carbocycles. The standard InChI is InChI=1S/C21H27ClN2O3S2/c1-4-24(5-2)29(26,27)18-10-11-20(22)19(14-18)21(25)23-12-13-28-15-17-8-6-16(3)7-9-17/h6-11,14H,4-5,12-13,15H2,1-3H3,(H,23,25). The van der Waals surface area contributed by atoms with Gasteiger partial charge in [0.05, 0.1) is 15.5 Å². The number of hydrogen-bond donors (Lipinski definition) is 1. The number of aryl methyl sites for hydroxylation is 1. The monoisotopic (exact) mass is 454 g/mol. The minimum absolute atomic E-state index is 0.0736. The van der Waals surface area contributed by atoms with E-state index in [0.29, 0.717) is 19.6 Å². The van der Waals surface area contributed by atoms with Crippen LogP contribution in [-0.4, -0.2) is 44.0 Å². The predicted molar refractivity (Wildman–Crippen MR) is 121 cm³/mol. The van der Waals surface area contributed by atoms with Gasteiger partial charge in [-0.25, -0.2) is 8.42 Å². The van der Waals surface area contributed by atoms with Crippen molar-refractivity contribution >= 4 is 39.3 Å². The van der Waals surface area contributed by atoms with Crippen molar-refractivity contribution in [3.63, 3.8) is 0 Å². The van der Waals surface area contributed by atoms with Crippen molar-refractivity contribution in [2.45, 2.75) is 31.4 Å². The molecule has 0 aliphatic carbocycles. The SMILES string of the molecule is CCN(CC)S(=O)(=O)c1ccc(Cl)c(C(=O)NCCSCc2ccc(C)cc2)c1. The lowest BCUT2D eigenvalue weighted by atomic mass is 10.2. The van der Waals surface area contributed by atoms with E-state index in [2.05, 4.69) is 36.5 Å². The maximum atomic E-state index is 12.7. The zero-order valence-electron chi connectivity index (χ0n) is 16.9. The number of carbonyl (C=O) groups is 1. The predicted octanol–water partition coefficient (Wildman–Crippen LogP) is 4.34. The Labute approximate surface area is 182 Å². The average Bonchev–Trinajstić information content (AvgIpc) is 2.70. The molecule has 0 aromatic heterocycles. The summed E-state index contributed by atoms with van der Waals surface area (Å²) in [7, 11) is -3.65. The molecule has 0 bridgehead atoms. The Morgan fingerprint density at radius 2 is 1.76 bits per heavy atom. The van der Waals surface area contributed by atoms with Gasteiger partial charge in [-0.05, 0) is 30.7 Å². The fourth-order valence-corrected chi connectivity index (χ4v) is 5.26. The second kappa shape index (κ2) is 11.0. The number of halogens is 1. The summed E-state index contributed by atoms with van der Waals surface area (Å²) in [6, 6.07) is 12.6.